The molecule has 0 aliphatic carbocycles. The molecule has 0 spiro atoms. The minimum atomic E-state index is -0.272. The lowest BCUT2D eigenvalue weighted by molar-refractivity contribution is 0.377. The summed E-state index contributed by atoms with van der Waals surface area (Å²) in [6.07, 6.45) is 1.97. The summed E-state index contributed by atoms with van der Waals surface area (Å²) in [5, 5.41) is 8.97. The standard InChI is InChI=1S/C10H14N2O2/c1-7(13)5-9(11)8-3-4-10(14-2)12-6-8/h3-4,6,9,13H,1,5,11H2,2H3. The Morgan fingerprint density at radius 1 is 1.71 bits per heavy atom. The van der Waals surface area contributed by atoms with E-state index in [0.29, 0.717) is 12.3 Å². The molecule has 0 fully saturated rings. The number of hydrogen-bond donors (Lipinski definition) is 2. The van der Waals surface area contributed by atoms with E-state index in [1.54, 1.807) is 19.4 Å². The SMILES string of the molecule is C=C(O)CC(N)c1ccc(OC)nc1. The van der Waals surface area contributed by atoms with Crippen LogP contribution in [-0.2, 0) is 0 Å². The van der Waals surface area contributed by atoms with Gasteiger partial charge in [0.05, 0.1) is 12.9 Å². The minimum absolute atomic E-state index is 0.0771. The molecule has 0 radical (unpaired) electrons. The van der Waals surface area contributed by atoms with Crippen LogP contribution in [0.4, 0.5) is 0 Å². The second-order valence-electron chi connectivity index (χ2n) is 3.01. The predicted octanol–water partition coefficient (Wildman–Crippen LogP) is 1.55. The third-order valence-corrected chi connectivity index (χ3v) is 1.85. The Morgan fingerprint density at radius 3 is 2.86 bits per heavy atom. The molecule has 0 bridgehead atoms. The maximum atomic E-state index is 8.97. The highest BCUT2D eigenvalue weighted by Crippen LogP contribution is 2.17. The van der Waals surface area contributed by atoms with E-state index in [-0.39, 0.29) is 11.8 Å². The number of pyridine rings is 1. The van der Waals surface area contributed by atoms with Crippen molar-refractivity contribution in [1.82, 2.24) is 4.98 Å². The summed E-state index contributed by atoms with van der Waals surface area (Å²) in [5.74, 6) is 0.622. The van der Waals surface area contributed by atoms with Crippen LogP contribution >= 0.6 is 0 Å². The summed E-state index contributed by atoms with van der Waals surface area (Å²) in [4.78, 5) is 4.01. The van der Waals surface area contributed by atoms with E-state index in [2.05, 4.69) is 11.6 Å². The first-order valence-corrected chi connectivity index (χ1v) is 4.25. The van der Waals surface area contributed by atoms with Gasteiger partial charge in [-0.25, -0.2) is 4.98 Å². The van der Waals surface area contributed by atoms with Crippen LogP contribution in [0.2, 0.25) is 0 Å². The molecule has 4 heteroatoms. The molecule has 1 aromatic heterocycles. The van der Waals surface area contributed by atoms with Crippen LogP contribution in [-0.4, -0.2) is 17.2 Å². The molecule has 1 unspecified atom stereocenters. The Hall–Kier alpha value is -1.55. The van der Waals surface area contributed by atoms with Crippen LogP contribution in [0.1, 0.15) is 18.0 Å². The van der Waals surface area contributed by atoms with Crippen molar-refractivity contribution in [3.8, 4) is 5.88 Å². The number of rotatable bonds is 4. The summed E-state index contributed by atoms with van der Waals surface area (Å²) in [6.45, 7) is 3.38. The number of aliphatic hydroxyl groups is 1. The Kier molecular flexibility index (Phi) is 3.48. The highest BCUT2D eigenvalue weighted by Gasteiger charge is 2.07. The molecule has 0 aromatic carbocycles. The highest BCUT2D eigenvalue weighted by atomic mass is 16.5. The van der Waals surface area contributed by atoms with Crippen molar-refractivity contribution in [2.24, 2.45) is 5.73 Å². The molecule has 14 heavy (non-hydrogen) atoms. The normalized spacial score (nSPS) is 12.1. The number of methoxy groups -OCH3 is 1. The molecule has 0 aliphatic rings. The first-order chi connectivity index (χ1) is 6.63. The molecule has 1 atom stereocenters. The largest absolute Gasteiger partial charge is 0.513 e. The van der Waals surface area contributed by atoms with Gasteiger partial charge in [-0.2, -0.15) is 0 Å². The summed E-state index contributed by atoms with van der Waals surface area (Å²) in [7, 11) is 1.55. The molecule has 0 saturated heterocycles. The second kappa shape index (κ2) is 4.62. The first-order valence-electron chi connectivity index (χ1n) is 4.25. The topological polar surface area (TPSA) is 68.4 Å². The van der Waals surface area contributed by atoms with Gasteiger partial charge >= 0.3 is 0 Å². The molecule has 1 heterocycles. The van der Waals surface area contributed by atoms with Crippen molar-refractivity contribution in [3.05, 3.63) is 36.2 Å². The number of ether oxygens (including phenoxy) is 1. The van der Waals surface area contributed by atoms with Gasteiger partial charge in [0.25, 0.3) is 0 Å². The molecule has 0 amide bonds. The molecular weight excluding hydrogens is 180 g/mol. The summed E-state index contributed by atoms with van der Waals surface area (Å²) in [5.41, 5.74) is 6.63. The van der Waals surface area contributed by atoms with Gasteiger partial charge in [0, 0.05) is 24.7 Å². The summed E-state index contributed by atoms with van der Waals surface area (Å²) >= 11 is 0. The summed E-state index contributed by atoms with van der Waals surface area (Å²) < 4.78 is 4.91. The molecule has 1 rings (SSSR count). The van der Waals surface area contributed by atoms with Crippen molar-refractivity contribution in [3.63, 3.8) is 0 Å². The van der Waals surface area contributed by atoms with E-state index in [4.69, 9.17) is 15.6 Å². The van der Waals surface area contributed by atoms with Gasteiger partial charge in [-0.05, 0) is 5.56 Å². The number of nitrogens with two attached hydrogens (primary N) is 1. The zero-order valence-electron chi connectivity index (χ0n) is 8.10. The third kappa shape index (κ3) is 2.74. The third-order valence-electron chi connectivity index (χ3n) is 1.85. The first kappa shape index (κ1) is 10.5. The number of hydrogen-bond acceptors (Lipinski definition) is 4. The van der Waals surface area contributed by atoms with Gasteiger partial charge in [-0.3, -0.25) is 0 Å². The van der Waals surface area contributed by atoms with E-state index in [1.165, 1.54) is 0 Å². The molecule has 3 N–H and O–H groups in total. The Balaban J connectivity index is 2.71. The average Bonchev–Trinajstić information content (AvgIpc) is 2.17. The lowest BCUT2D eigenvalue weighted by atomic mass is 10.1. The van der Waals surface area contributed by atoms with Crippen molar-refractivity contribution in [1.29, 1.82) is 0 Å². The van der Waals surface area contributed by atoms with Crippen molar-refractivity contribution in [2.75, 3.05) is 7.11 Å². The quantitative estimate of drug-likeness (QED) is 0.713. The zero-order valence-corrected chi connectivity index (χ0v) is 8.10. The monoisotopic (exact) mass is 194 g/mol. The van der Waals surface area contributed by atoms with Crippen LogP contribution in [0, 0.1) is 0 Å². The molecule has 0 aliphatic heterocycles. The Labute approximate surface area is 83.0 Å². The van der Waals surface area contributed by atoms with Crippen LogP contribution in [0.15, 0.2) is 30.7 Å². The number of aliphatic hydroxyl groups excluding tert-OH is 1. The number of nitrogens with zero attached hydrogens (tertiary/aromatic N) is 1. The maximum Gasteiger partial charge on any atom is 0.212 e. The van der Waals surface area contributed by atoms with E-state index < -0.39 is 0 Å². The van der Waals surface area contributed by atoms with Crippen LogP contribution in [0.5, 0.6) is 5.88 Å². The predicted molar refractivity (Wildman–Crippen MR) is 54.1 cm³/mol. The van der Waals surface area contributed by atoms with E-state index in [1.807, 2.05) is 6.07 Å². The van der Waals surface area contributed by atoms with E-state index in [9.17, 15) is 0 Å². The van der Waals surface area contributed by atoms with E-state index in [0.717, 1.165) is 5.56 Å². The second-order valence-corrected chi connectivity index (χ2v) is 3.01. The fourth-order valence-corrected chi connectivity index (χ4v) is 1.10. The molecule has 1 aromatic rings. The molecule has 76 valence electrons. The highest BCUT2D eigenvalue weighted by molar-refractivity contribution is 5.21. The molecular formula is C10H14N2O2. The van der Waals surface area contributed by atoms with Crippen molar-refractivity contribution in [2.45, 2.75) is 12.5 Å². The smallest absolute Gasteiger partial charge is 0.212 e. The van der Waals surface area contributed by atoms with Crippen LogP contribution < -0.4 is 10.5 Å². The van der Waals surface area contributed by atoms with Gasteiger partial charge in [0.15, 0.2) is 0 Å². The van der Waals surface area contributed by atoms with Crippen molar-refractivity contribution < 1.29 is 9.84 Å². The zero-order chi connectivity index (χ0) is 10.6. The lowest BCUT2D eigenvalue weighted by Gasteiger charge is -2.10. The van der Waals surface area contributed by atoms with E-state index >= 15 is 0 Å². The lowest BCUT2D eigenvalue weighted by Crippen LogP contribution is -2.11. The minimum Gasteiger partial charge on any atom is -0.513 e. The van der Waals surface area contributed by atoms with Gasteiger partial charge < -0.3 is 15.6 Å². The van der Waals surface area contributed by atoms with Gasteiger partial charge in [-0.15, -0.1) is 0 Å². The van der Waals surface area contributed by atoms with Crippen LogP contribution in [0.3, 0.4) is 0 Å². The maximum absolute atomic E-state index is 8.97. The summed E-state index contributed by atoms with van der Waals surface area (Å²) in [6, 6.07) is 3.28. The van der Waals surface area contributed by atoms with Gasteiger partial charge in [0.2, 0.25) is 5.88 Å². The van der Waals surface area contributed by atoms with Crippen LogP contribution in [0.25, 0.3) is 0 Å². The van der Waals surface area contributed by atoms with Crippen molar-refractivity contribution >= 4 is 0 Å². The number of aromatic nitrogens is 1. The Bertz CT molecular complexity index is 308. The van der Waals surface area contributed by atoms with Gasteiger partial charge in [-0.1, -0.05) is 12.6 Å². The Morgan fingerprint density at radius 2 is 2.43 bits per heavy atom. The molecule has 4 nitrogen and oxygen atoms in total. The average molecular weight is 194 g/mol. The molecule has 0 saturated carbocycles. The van der Waals surface area contributed by atoms with Gasteiger partial charge in [0.1, 0.15) is 0 Å². The fourth-order valence-electron chi connectivity index (χ4n) is 1.10. The fraction of sp³-hybridized carbons (Fsp3) is 0.300.